The highest BCUT2D eigenvalue weighted by Crippen LogP contribution is 2.46. The van der Waals surface area contributed by atoms with Crippen LogP contribution in [0, 0.1) is 23.7 Å². The average Bonchev–Trinajstić information content (AvgIpc) is 2.70. The molecule has 3 rings (SSSR count). The molecule has 2 aliphatic carbocycles. The minimum atomic E-state index is -4.50. The average molecular weight is 557 g/mol. The van der Waals surface area contributed by atoms with Gasteiger partial charge < -0.3 is 23.7 Å². The van der Waals surface area contributed by atoms with E-state index in [0.717, 1.165) is 12.0 Å². The van der Waals surface area contributed by atoms with Gasteiger partial charge in [0.1, 0.15) is 18.4 Å². The summed E-state index contributed by atoms with van der Waals surface area (Å²) in [5.41, 5.74) is 1.11. The van der Waals surface area contributed by atoms with Crippen LogP contribution in [0.25, 0.3) is 0 Å². The van der Waals surface area contributed by atoms with Gasteiger partial charge >= 0.3 is 19.5 Å². The molecule has 0 spiro atoms. The third-order valence-electron chi connectivity index (χ3n) is 8.52. The summed E-state index contributed by atoms with van der Waals surface area (Å²) in [5.74, 6) is -0.581. The summed E-state index contributed by atoms with van der Waals surface area (Å²) in [7, 11) is -6.52. The van der Waals surface area contributed by atoms with Crippen LogP contribution in [0.2, 0.25) is 18.1 Å². The first-order valence-electron chi connectivity index (χ1n) is 13.5. The van der Waals surface area contributed by atoms with Crippen LogP contribution in [0.4, 0.5) is 0 Å². The van der Waals surface area contributed by atoms with Gasteiger partial charge in [-0.25, -0.2) is 0 Å². The van der Waals surface area contributed by atoms with E-state index in [2.05, 4.69) is 65.9 Å². The topological polar surface area (TPSA) is 119 Å². The lowest BCUT2D eigenvalue weighted by molar-refractivity contribution is -0.160. The van der Waals surface area contributed by atoms with Gasteiger partial charge in [0.25, 0.3) is 0 Å². The normalized spacial score (nSPS) is 32.8. The zero-order valence-electron chi connectivity index (χ0n) is 23.3. The fraction of sp³-hybridized carbons (Fsp3) is 0.778. The van der Waals surface area contributed by atoms with Gasteiger partial charge in [0, 0.05) is 12.3 Å². The molecule has 0 radical (unpaired) electrons. The highest BCUT2D eigenvalue weighted by molar-refractivity contribution is 7.52. The number of carbonyl (C=O) groups excluding carboxylic acids is 2. The highest BCUT2D eigenvalue weighted by atomic mass is 31.2. The molecule has 0 saturated carbocycles. The number of rotatable bonds is 8. The monoisotopic (exact) mass is 556 g/mol. The van der Waals surface area contributed by atoms with Crippen molar-refractivity contribution in [2.24, 2.45) is 23.7 Å². The molecule has 1 aliphatic heterocycles. The third-order valence-corrected chi connectivity index (χ3v) is 13.7. The zero-order chi connectivity index (χ0) is 27.8. The second kappa shape index (κ2) is 11.5. The molecule has 0 aromatic rings. The Labute approximate surface area is 222 Å². The molecule has 7 atom stereocenters. The number of hydrogen-bond donors (Lipinski definition) is 2. The van der Waals surface area contributed by atoms with Gasteiger partial charge in [-0.1, -0.05) is 52.8 Å². The van der Waals surface area contributed by atoms with Crippen molar-refractivity contribution in [1.82, 2.24) is 0 Å². The van der Waals surface area contributed by atoms with Crippen molar-refractivity contribution >= 4 is 27.9 Å². The van der Waals surface area contributed by atoms with Gasteiger partial charge in [-0.05, 0) is 60.7 Å². The lowest BCUT2D eigenvalue weighted by Gasteiger charge is -2.44. The molecule has 8 nitrogen and oxygen atoms in total. The quantitative estimate of drug-likeness (QED) is 0.233. The minimum absolute atomic E-state index is 0.0564. The molecule has 0 amide bonds. The van der Waals surface area contributed by atoms with Gasteiger partial charge in [0.15, 0.2) is 8.32 Å². The summed E-state index contributed by atoms with van der Waals surface area (Å²) in [4.78, 5) is 43.2. The fourth-order valence-corrected chi connectivity index (χ4v) is 7.46. The maximum atomic E-state index is 12.5. The maximum Gasteiger partial charge on any atom is 0.336 e. The van der Waals surface area contributed by atoms with E-state index in [1.807, 2.05) is 0 Å². The summed E-state index contributed by atoms with van der Waals surface area (Å²) in [6.45, 7) is 15.2. The lowest BCUT2D eigenvalue weighted by atomic mass is 9.65. The lowest BCUT2D eigenvalue weighted by Crippen LogP contribution is -2.47. The first kappa shape index (κ1) is 30.3. The van der Waals surface area contributed by atoms with Crippen molar-refractivity contribution in [2.75, 3.05) is 6.16 Å². The van der Waals surface area contributed by atoms with Gasteiger partial charge in [-0.3, -0.25) is 14.2 Å². The van der Waals surface area contributed by atoms with E-state index in [9.17, 15) is 23.9 Å². The van der Waals surface area contributed by atoms with Gasteiger partial charge in [-0.2, -0.15) is 0 Å². The standard InChI is InChI=1S/C27H45O8PSi/c1-17-12-19-9-8-18(2)22(26(19)23(13-17)34-25(29)16-36(30,31)32)11-10-20-14-21(15-24(28)33-20)35-37(6,7)27(3,4)5/h8-9,12,17-18,20-23,26H,10-11,13-16H2,1-7H3,(H2,30,31,32)/t17-,18-,20+,21+,22-,23-,26-/m0/s1. The Morgan fingerprint density at radius 1 is 1.19 bits per heavy atom. The van der Waals surface area contributed by atoms with E-state index >= 15 is 0 Å². The molecule has 37 heavy (non-hydrogen) atoms. The summed E-state index contributed by atoms with van der Waals surface area (Å²) < 4.78 is 29.3. The Kier molecular flexibility index (Phi) is 9.39. The van der Waals surface area contributed by atoms with Crippen molar-refractivity contribution < 1.29 is 37.8 Å². The summed E-state index contributed by atoms with van der Waals surface area (Å²) in [6.07, 6.45) is 7.80. The van der Waals surface area contributed by atoms with Gasteiger partial charge in [-0.15, -0.1) is 0 Å². The Morgan fingerprint density at radius 3 is 2.49 bits per heavy atom. The van der Waals surface area contributed by atoms with Gasteiger partial charge in [0.05, 0.1) is 12.5 Å². The van der Waals surface area contributed by atoms with Crippen molar-refractivity contribution in [2.45, 2.75) is 103 Å². The van der Waals surface area contributed by atoms with Crippen LogP contribution in [-0.2, 0) is 28.1 Å². The van der Waals surface area contributed by atoms with E-state index in [1.54, 1.807) is 0 Å². The first-order chi connectivity index (χ1) is 16.9. The predicted octanol–water partition coefficient (Wildman–Crippen LogP) is 5.36. The molecular weight excluding hydrogens is 511 g/mol. The molecule has 210 valence electrons. The van der Waals surface area contributed by atoms with Crippen molar-refractivity contribution in [3.8, 4) is 0 Å². The first-order valence-corrected chi connectivity index (χ1v) is 18.2. The molecule has 0 bridgehead atoms. The number of esters is 2. The van der Waals surface area contributed by atoms with E-state index in [-0.39, 0.29) is 53.3 Å². The van der Waals surface area contributed by atoms with E-state index in [4.69, 9.17) is 13.9 Å². The number of ether oxygens (including phenoxy) is 2. The second-order valence-electron chi connectivity index (χ2n) is 12.8. The van der Waals surface area contributed by atoms with Crippen LogP contribution >= 0.6 is 7.60 Å². The summed E-state index contributed by atoms with van der Waals surface area (Å²) in [5, 5.41) is 0.0564. The molecule has 1 fully saturated rings. The fourth-order valence-electron chi connectivity index (χ4n) is 5.68. The second-order valence-corrected chi connectivity index (χ2v) is 19.2. The zero-order valence-corrected chi connectivity index (χ0v) is 25.2. The Morgan fingerprint density at radius 2 is 1.86 bits per heavy atom. The Balaban J connectivity index is 1.71. The summed E-state index contributed by atoms with van der Waals surface area (Å²) >= 11 is 0. The van der Waals surface area contributed by atoms with Crippen LogP contribution in [0.3, 0.4) is 0 Å². The molecule has 2 N–H and O–H groups in total. The molecule has 0 aromatic heterocycles. The SMILES string of the molecule is C[C@H]1C=C2C=C[C@H](C)[C@H](CC[C@@H]3C[C@@H](O[Si](C)(C)C(C)(C)C)CC(=O)O3)[C@H]2[C@@H](OC(=O)CP(=O)(O)O)C1. The number of hydrogen-bond acceptors (Lipinski definition) is 6. The predicted molar refractivity (Wildman–Crippen MR) is 144 cm³/mol. The van der Waals surface area contributed by atoms with E-state index < -0.39 is 34.1 Å². The van der Waals surface area contributed by atoms with E-state index in [0.29, 0.717) is 19.3 Å². The molecule has 1 heterocycles. The highest BCUT2D eigenvalue weighted by Gasteiger charge is 2.44. The largest absolute Gasteiger partial charge is 0.462 e. The van der Waals surface area contributed by atoms with E-state index in [1.165, 1.54) is 0 Å². The third kappa shape index (κ3) is 8.12. The Hall–Kier alpha value is -1.25. The molecule has 0 aromatic carbocycles. The van der Waals surface area contributed by atoms with Crippen molar-refractivity contribution in [3.63, 3.8) is 0 Å². The molecule has 3 aliphatic rings. The van der Waals surface area contributed by atoms with Crippen LogP contribution in [0.1, 0.15) is 66.7 Å². The van der Waals surface area contributed by atoms with Crippen LogP contribution in [0.15, 0.2) is 23.8 Å². The van der Waals surface area contributed by atoms with Crippen molar-refractivity contribution in [3.05, 3.63) is 23.8 Å². The minimum Gasteiger partial charge on any atom is -0.462 e. The number of fused-ring (bicyclic) bond motifs is 1. The number of carbonyl (C=O) groups is 2. The van der Waals surface area contributed by atoms with Crippen LogP contribution < -0.4 is 0 Å². The summed E-state index contributed by atoms with van der Waals surface area (Å²) in [6, 6.07) is 0. The Bertz CT molecular complexity index is 962. The van der Waals surface area contributed by atoms with Gasteiger partial charge in [0.2, 0.25) is 0 Å². The van der Waals surface area contributed by atoms with Crippen LogP contribution in [0.5, 0.6) is 0 Å². The molecular formula is C27H45O8PSi. The maximum absolute atomic E-state index is 12.5. The molecule has 0 unspecified atom stereocenters. The number of cyclic esters (lactones) is 1. The molecule has 1 saturated heterocycles. The van der Waals surface area contributed by atoms with Crippen LogP contribution in [-0.4, -0.2) is 54.5 Å². The smallest absolute Gasteiger partial charge is 0.336 e. The van der Waals surface area contributed by atoms with Crippen molar-refractivity contribution in [1.29, 1.82) is 0 Å². The number of allylic oxidation sites excluding steroid dienone is 3. The molecule has 10 heteroatoms.